The fourth-order valence-corrected chi connectivity index (χ4v) is 4.96. The van der Waals surface area contributed by atoms with Crippen LogP contribution in [-0.2, 0) is 21.4 Å². The average molecular weight is 454 g/mol. The monoisotopic (exact) mass is 454 g/mol. The number of benzene rings is 2. The van der Waals surface area contributed by atoms with E-state index in [1.807, 2.05) is 0 Å². The molecule has 4 rings (SSSR count). The van der Waals surface area contributed by atoms with E-state index >= 15 is 0 Å². The topological polar surface area (TPSA) is 140 Å². The highest BCUT2D eigenvalue weighted by Gasteiger charge is 2.36. The molecule has 1 aliphatic heterocycles. The lowest BCUT2D eigenvalue weighted by Crippen LogP contribution is -2.30. The van der Waals surface area contributed by atoms with Gasteiger partial charge in [0.2, 0.25) is 0 Å². The number of aromatic nitrogens is 2. The number of rotatable bonds is 5. The van der Waals surface area contributed by atoms with Crippen LogP contribution in [0.25, 0.3) is 11.3 Å². The van der Waals surface area contributed by atoms with Gasteiger partial charge in [-0.1, -0.05) is 30.3 Å². The molecule has 2 heterocycles. The Balaban J connectivity index is 1.58. The van der Waals surface area contributed by atoms with Gasteiger partial charge < -0.3 is 0 Å². The Hall–Kier alpha value is -4.06. The SMILES string of the molecule is Cc1c2c(nn1CC(=O)N/N=C/c1ccccc1[N+](=O)[O-])-c1ccccc1S(=O)(=O)N2C. The number of hydrogen-bond acceptors (Lipinski definition) is 7. The molecule has 1 aliphatic rings. The highest BCUT2D eigenvalue weighted by molar-refractivity contribution is 7.93. The fraction of sp³-hybridized carbons (Fsp3) is 0.150. The molecule has 164 valence electrons. The van der Waals surface area contributed by atoms with Crippen LogP contribution in [0.1, 0.15) is 11.3 Å². The molecule has 0 saturated heterocycles. The molecule has 0 saturated carbocycles. The van der Waals surface area contributed by atoms with Crippen LogP contribution < -0.4 is 9.73 Å². The van der Waals surface area contributed by atoms with Crippen molar-refractivity contribution in [1.82, 2.24) is 15.2 Å². The van der Waals surface area contributed by atoms with E-state index in [0.717, 1.165) is 4.31 Å². The minimum absolute atomic E-state index is 0.135. The second-order valence-electron chi connectivity index (χ2n) is 7.02. The van der Waals surface area contributed by atoms with Crippen molar-refractivity contribution in [1.29, 1.82) is 0 Å². The fourth-order valence-electron chi connectivity index (χ4n) is 3.51. The molecule has 12 heteroatoms. The van der Waals surface area contributed by atoms with E-state index in [0.29, 0.717) is 22.6 Å². The lowest BCUT2D eigenvalue weighted by molar-refractivity contribution is -0.385. The highest BCUT2D eigenvalue weighted by Crippen LogP contribution is 2.43. The molecule has 0 radical (unpaired) electrons. The van der Waals surface area contributed by atoms with Crippen molar-refractivity contribution in [2.45, 2.75) is 18.4 Å². The van der Waals surface area contributed by atoms with Gasteiger partial charge in [0.1, 0.15) is 17.9 Å². The molecule has 1 N–H and O–H groups in total. The van der Waals surface area contributed by atoms with E-state index in [-0.39, 0.29) is 22.7 Å². The standard InChI is InChI=1S/C20H18N6O5S/c1-13-20-19(15-8-4-6-10-17(15)32(30,31)24(20)2)23-25(13)12-18(27)22-21-11-14-7-3-5-9-16(14)26(28)29/h3-11H,12H2,1-2H3,(H,22,27)/b21-11+. The molecule has 0 spiro atoms. The summed E-state index contributed by atoms with van der Waals surface area (Å²) in [4.78, 5) is 23.1. The smallest absolute Gasteiger partial charge is 0.271 e. The van der Waals surface area contributed by atoms with Gasteiger partial charge in [0.25, 0.3) is 21.6 Å². The number of anilines is 1. The van der Waals surface area contributed by atoms with Crippen molar-refractivity contribution >= 4 is 33.5 Å². The average Bonchev–Trinajstić information content (AvgIpc) is 3.08. The van der Waals surface area contributed by atoms with E-state index in [2.05, 4.69) is 15.6 Å². The molecule has 0 unspecified atom stereocenters. The largest absolute Gasteiger partial charge is 0.278 e. The number of hydrogen-bond donors (Lipinski definition) is 1. The summed E-state index contributed by atoms with van der Waals surface area (Å²) < 4.78 is 28.2. The Bertz CT molecular complexity index is 1380. The summed E-state index contributed by atoms with van der Waals surface area (Å²) in [5, 5.41) is 19.3. The molecule has 11 nitrogen and oxygen atoms in total. The van der Waals surface area contributed by atoms with Gasteiger partial charge in [-0.2, -0.15) is 10.2 Å². The third-order valence-corrected chi connectivity index (χ3v) is 6.91. The Morgan fingerprint density at radius 2 is 1.91 bits per heavy atom. The summed E-state index contributed by atoms with van der Waals surface area (Å²) in [5.74, 6) is -0.526. The molecule has 1 amide bonds. The first kappa shape index (κ1) is 21.2. The van der Waals surface area contributed by atoms with Crippen molar-refractivity contribution in [3.05, 3.63) is 69.9 Å². The molecule has 1 aromatic heterocycles. The number of nitrogens with one attached hydrogen (secondary N) is 1. The first-order valence-electron chi connectivity index (χ1n) is 9.43. The quantitative estimate of drug-likeness (QED) is 0.355. The van der Waals surface area contributed by atoms with Crippen molar-refractivity contribution in [2.24, 2.45) is 5.10 Å². The minimum atomic E-state index is -3.73. The lowest BCUT2D eigenvalue weighted by Gasteiger charge is -2.26. The molecule has 0 aliphatic carbocycles. The normalized spacial score (nSPS) is 14.1. The maximum Gasteiger partial charge on any atom is 0.278 e. The molecular formula is C20H18N6O5S. The Labute approximate surface area is 183 Å². The van der Waals surface area contributed by atoms with E-state index < -0.39 is 20.9 Å². The number of carbonyl (C=O) groups is 1. The van der Waals surface area contributed by atoms with E-state index in [1.54, 1.807) is 31.2 Å². The number of fused-ring (bicyclic) bond motifs is 3. The molecule has 3 aromatic rings. The minimum Gasteiger partial charge on any atom is -0.271 e. The molecule has 0 bridgehead atoms. The van der Waals surface area contributed by atoms with E-state index in [4.69, 9.17) is 0 Å². The highest BCUT2D eigenvalue weighted by atomic mass is 32.2. The van der Waals surface area contributed by atoms with Crippen molar-refractivity contribution in [2.75, 3.05) is 11.4 Å². The molecule has 0 fully saturated rings. The molecule has 2 aromatic carbocycles. The number of nitrogens with zero attached hydrogens (tertiary/aromatic N) is 5. The van der Waals surface area contributed by atoms with Crippen LogP contribution >= 0.6 is 0 Å². The number of nitro benzene ring substituents is 1. The predicted molar refractivity (Wildman–Crippen MR) is 117 cm³/mol. The summed E-state index contributed by atoms with van der Waals surface area (Å²) in [6.45, 7) is 1.46. The molecule has 32 heavy (non-hydrogen) atoms. The second-order valence-corrected chi connectivity index (χ2v) is 8.96. The number of para-hydroxylation sites is 1. The number of amides is 1. The summed E-state index contributed by atoms with van der Waals surface area (Å²) in [6, 6.07) is 12.6. The number of hydrazone groups is 1. The molecular weight excluding hydrogens is 436 g/mol. The van der Waals surface area contributed by atoms with Crippen molar-refractivity contribution < 1.29 is 18.1 Å². The second kappa shape index (κ2) is 7.89. The first-order valence-corrected chi connectivity index (χ1v) is 10.9. The number of sulfonamides is 1. The van der Waals surface area contributed by atoms with Crippen LogP contribution in [0, 0.1) is 17.0 Å². The zero-order valence-electron chi connectivity index (χ0n) is 17.1. The van der Waals surface area contributed by atoms with Gasteiger partial charge >= 0.3 is 0 Å². The maximum absolute atomic E-state index is 12.8. The van der Waals surface area contributed by atoms with Crippen LogP contribution in [0.15, 0.2) is 58.5 Å². The lowest BCUT2D eigenvalue weighted by atomic mass is 10.1. The summed E-state index contributed by atoms with van der Waals surface area (Å²) in [6.07, 6.45) is 1.19. The number of nitro groups is 1. The van der Waals surface area contributed by atoms with E-state index in [9.17, 15) is 23.3 Å². The Morgan fingerprint density at radius 1 is 1.22 bits per heavy atom. The predicted octanol–water partition coefficient (Wildman–Crippen LogP) is 2.06. The third kappa shape index (κ3) is 3.50. The van der Waals surface area contributed by atoms with Gasteiger partial charge in [0, 0.05) is 18.7 Å². The van der Waals surface area contributed by atoms with Crippen LogP contribution in [0.2, 0.25) is 0 Å². The first-order chi connectivity index (χ1) is 15.2. The van der Waals surface area contributed by atoms with Crippen LogP contribution in [0.3, 0.4) is 0 Å². The van der Waals surface area contributed by atoms with Gasteiger partial charge in [0.05, 0.1) is 27.3 Å². The van der Waals surface area contributed by atoms with E-state index in [1.165, 1.54) is 42.2 Å². The van der Waals surface area contributed by atoms with Crippen molar-refractivity contribution in [3.8, 4) is 11.3 Å². The third-order valence-electron chi connectivity index (χ3n) is 5.09. The zero-order chi connectivity index (χ0) is 23.0. The Morgan fingerprint density at radius 3 is 2.66 bits per heavy atom. The van der Waals surface area contributed by atoms with Gasteiger partial charge in [-0.05, 0) is 19.1 Å². The maximum atomic E-state index is 12.8. The summed E-state index contributed by atoms with van der Waals surface area (Å²) in [5.41, 5.74) is 4.26. The van der Waals surface area contributed by atoms with Gasteiger partial charge in [-0.3, -0.25) is 23.9 Å². The van der Waals surface area contributed by atoms with Crippen molar-refractivity contribution in [3.63, 3.8) is 0 Å². The van der Waals surface area contributed by atoms with Gasteiger partial charge in [-0.15, -0.1) is 0 Å². The Kier molecular flexibility index (Phi) is 5.22. The van der Waals surface area contributed by atoms with Gasteiger partial charge in [-0.25, -0.2) is 13.8 Å². The molecule has 0 atom stereocenters. The summed E-state index contributed by atoms with van der Waals surface area (Å²) in [7, 11) is -2.28. The van der Waals surface area contributed by atoms with Crippen LogP contribution in [0.4, 0.5) is 11.4 Å². The van der Waals surface area contributed by atoms with Crippen LogP contribution in [0.5, 0.6) is 0 Å². The zero-order valence-corrected chi connectivity index (χ0v) is 17.9. The van der Waals surface area contributed by atoms with Crippen LogP contribution in [-0.4, -0.2) is 42.3 Å². The van der Waals surface area contributed by atoms with Gasteiger partial charge in [0.15, 0.2) is 0 Å². The number of carbonyl (C=O) groups excluding carboxylic acids is 1. The summed E-state index contributed by atoms with van der Waals surface area (Å²) >= 11 is 0.